The Balaban J connectivity index is 0.00000320. The van der Waals surface area contributed by atoms with Crippen LogP contribution in [0.3, 0.4) is 0 Å². The van der Waals surface area contributed by atoms with Crippen LogP contribution in [-0.4, -0.2) is 31.3 Å². The summed E-state index contributed by atoms with van der Waals surface area (Å²) >= 11 is 1.54. The first kappa shape index (κ1) is 24.2. The highest BCUT2D eigenvalue weighted by atomic mass is 127. The van der Waals surface area contributed by atoms with Crippen LogP contribution in [0.15, 0.2) is 69.6 Å². The summed E-state index contributed by atoms with van der Waals surface area (Å²) in [5.41, 5.74) is 0.0977. The lowest BCUT2D eigenvalue weighted by Gasteiger charge is -2.24. The van der Waals surface area contributed by atoms with Crippen LogP contribution < -0.4 is 15.4 Å². The number of aliphatic hydroxyl groups is 1. The van der Waals surface area contributed by atoms with Crippen molar-refractivity contribution in [2.45, 2.75) is 25.5 Å². The molecule has 30 heavy (non-hydrogen) atoms. The van der Waals surface area contributed by atoms with Gasteiger partial charge in [-0.15, -0.1) is 35.3 Å². The summed E-state index contributed by atoms with van der Waals surface area (Å²) in [7, 11) is 1.65. The van der Waals surface area contributed by atoms with Crippen LogP contribution in [0.25, 0.3) is 0 Å². The molecule has 2 aromatic heterocycles. The maximum absolute atomic E-state index is 10.8. The van der Waals surface area contributed by atoms with Crippen LogP contribution in [0.5, 0.6) is 5.75 Å². The highest BCUT2D eigenvalue weighted by Gasteiger charge is 2.24. The fraction of sp³-hybridized carbons (Fsp3) is 0.318. The van der Waals surface area contributed by atoms with E-state index in [-0.39, 0.29) is 24.0 Å². The number of hydrogen-bond acceptors (Lipinski definition) is 5. The molecule has 0 fully saturated rings. The standard InChI is InChI=1S/C22H27N3O3S.HI/c1-22(26,20-6-4-14-29-20)16-25-21(23-12-11-19-5-3-13-28-19)24-15-17-7-9-18(27-2)10-8-17;/h3-10,13-14,26H,11-12,15-16H2,1-2H3,(H2,23,24,25);1H. The van der Waals surface area contributed by atoms with Crippen LogP contribution in [0.2, 0.25) is 0 Å². The van der Waals surface area contributed by atoms with Crippen molar-refractivity contribution < 1.29 is 14.3 Å². The molecule has 0 radical (unpaired) electrons. The number of methoxy groups -OCH3 is 1. The second kappa shape index (κ2) is 12.0. The number of halogens is 1. The van der Waals surface area contributed by atoms with Crippen LogP contribution >= 0.6 is 35.3 Å². The van der Waals surface area contributed by atoms with Gasteiger partial charge >= 0.3 is 0 Å². The quantitative estimate of drug-likeness (QED) is 0.216. The number of furan rings is 1. The molecule has 6 nitrogen and oxygen atoms in total. The molecule has 0 aliphatic carbocycles. The van der Waals surface area contributed by atoms with Crippen molar-refractivity contribution >= 4 is 41.3 Å². The van der Waals surface area contributed by atoms with Gasteiger partial charge in [-0.3, -0.25) is 0 Å². The van der Waals surface area contributed by atoms with Gasteiger partial charge in [0.25, 0.3) is 0 Å². The SMILES string of the molecule is COc1ccc(CN=C(NCCc2ccco2)NCC(C)(O)c2cccs2)cc1.I. The lowest BCUT2D eigenvalue weighted by Crippen LogP contribution is -2.44. The predicted molar refractivity (Wildman–Crippen MR) is 132 cm³/mol. The second-order valence-corrected chi connectivity index (χ2v) is 7.82. The molecule has 0 aliphatic heterocycles. The van der Waals surface area contributed by atoms with Gasteiger partial charge in [0.1, 0.15) is 17.1 Å². The van der Waals surface area contributed by atoms with E-state index in [0.29, 0.717) is 25.6 Å². The number of thiophene rings is 1. The van der Waals surface area contributed by atoms with Gasteiger partial charge in [-0.1, -0.05) is 18.2 Å². The van der Waals surface area contributed by atoms with E-state index in [1.165, 1.54) is 11.3 Å². The molecule has 0 saturated carbocycles. The number of ether oxygens (including phenoxy) is 1. The molecule has 3 rings (SSSR count). The minimum absolute atomic E-state index is 0. The molecule has 8 heteroatoms. The average Bonchev–Trinajstić information content (AvgIpc) is 3.44. The van der Waals surface area contributed by atoms with Gasteiger partial charge in [-0.25, -0.2) is 4.99 Å². The number of aliphatic imine (C=N–C) groups is 1. The van der Waals surface area contributed by atoms with E-state index in [9.17, 15) is 5.11 Å². The van der Waals surface area contributed by atoms with Crippen molar-refractivity contribution in [3.8, 4) is 5.75 Å². The lowest BCUT2D eigenvalue weighted by molar-refractivity contribution is 0.0655. The van der Waals surface area contributed by atoms with Crippen molar-refractivity contribution in [3.63, 3.8) is 0 Å². The monoisotopic (exact) mass is 541 g/mol. The third-order valence-corrected chi connectivity index (χ3v) is 5.60. The Morgan fingerprint density at radius 2 is 1.97 bits per heavy atom. The van der Waals surface area contributed by atoms with E-state index < -0.39 is 5.60 Å². The first-order valence-electron chi connectivity index (χ1n) is 9.51. The molecule has 1 unspecified atom stereocenters. The molecule has 0 amide bonds. The molecule has 3 aromatic rings. The van der Waals surface area contributed by atoms with Gasteiger partial charge in [0.05, 0.1) is 26.5 Å². The van der Waals surface area contributed by atoms with Crippen LogP contribution in [-0.2, 0) is 18.6 Å². The molecule has 162 valence electrons. The zero-order chi connectivity index (χ0) is 20.5. The number of hydrogen-bond donors (Lipinski definition) is 3. The molecule has 0 saturated heterocycles. The summed E-state index contributed by atoms with van der Waals surface area (Å²) in [5, 5.41) is 19.3. The number of nitrogens with one attached hydrogen (secondary N) is 2. The van der Waals surface area contributed by atoms with Gasteiger partial charge < -0.3 is 24.9 Å². The van der Waals surface area contributed by atoms with Crippen molar-refractivity contribution in [1.29, 1.82) is 0 Å². The minimum Gasteiger partial charge on any atom is -0.497 e. The molecule has 1 aromatic carbocycles. The van der Waals surface area contributed by atoms with Gasteiger partial charge in [0, 0.05) is 17.8 Å². The zero-order valence-corrected chi connectivity index (χ0v) is 20.3. The highest BCUT2D eigenvalue weighted by Crippen LogP contribution is 2.24. The summed E-state index contributed by atoms with van der Waals surface area (Å²) in [4.78, 5) is 5.58. The lowest BCUT2D eigenvalue weighted by atomic mass is 10.1. The molecule has 3 N–H and O–H groups in total. The molecule has 1 atom stereocenters. The van der Waals surface area contributed by atoms with Crippen LogP contribution in [0.1, 0.15) is 23.1 Å². The van der Waals surface area contributed by atoms with E-state index in [4.69, 9.17) is 9.15 Å². The average molecular weight is 541 g/mol. The van der Waals surface area contributed by atoms with Crippen molar-refractivity contribution in [2.24, 2.45) is 4.99 Å². The first-order valence-corrected chi connectivity index (χ1v) is 10.4. The normalized spacial score (nSPS) is 13.2. The van der Waals surface area contributed by atoms with Gasteiger partial charge in [0.15, 0.2) is 5.96 Å². The van der Waals surface area contributed by atoms with Crippen LogP contribution in [0.4, 0.5) is 0 Å². The molecular formula is C22H28IN3O3S. The van der Waals surface area contributed by atoms with Crippen molar-refractivity contribution in [2.75, 3.05) is 20.2 Å². The predicted octanol–water partition coefficient (Wildman–Crippen LogP) is 4.15. The summed E-state index contributed by atoms with van der Waals surface area (Å²) in [6, 6.07) is 15.5. The maximum atomic E-state index is 10.8. The van der Waals surface area contributed by atoms with Gasteiger partial charge in [-0.05, 0) is 48.2 Å². The summed E-state index contributed by atoms with van der Waals surface area (Å²) in [6.07, 6.45) is 2.42. The third-order valence-electron chi connectivity index (χ3n) is 4.47. The minimum atomic E-state index is -0.974. The Hall–Kier alpha value is -2.04. The molecule has 0 bridgehead atoms. The number of benzene rings is 1. The smallest absolute Gasteiger partial charge is 0.191 e. The van der Waals surface area contributed by atoms with E-state index in [2.05, 4.69) is 15.6 Å². The molecule has 0 aliphatic rings. The Morgan fingerprint density at radius 3 is 2.60 bits per heavy atom. The van der Waals surface area contributed by atoms with Gasteiger partial charge in [0.2, 0.25) is 0 Å². The number of rotatable bonds is 9. The van der Waals surface area contributed by atoms with Gasteiger partial charge in [-0.2, -0.15) is 0 Å². The fourth-order valence-electron chi connectivity index (χ4n) is 2.76. The van der Waals surface area contributed by atoms with Crippen molar-refractivity contribution in [1.82, 2.24) is 10.6 Å². The summed E-state index contributed by atoms with van der Waals surface area (Å²) in [5.74, 6) is 2.38. The highest BCUT2D eigenvalue weighted by molar-refractivity contribution is 14.0. The number of nitrogens with zero attached hydrogens (tertiary/aromatic N) is 1. The molecular weight excluding hydrogens is 513 g/mol. The zero-order valence-electron chi connectivity index (χ0n) is 17.1. The van der Waals surface area contributed by atoms with Crippen molar-refractivity contribution in [3.05, 3.63) is 76.4 Å². The summed E-state index contributed by atoms with van der Waals surface area (Å²) in [6.45, 7) is 3.34. The second-order valence-electron chi connectivity index (χ2n) is 6.87. The largest absolute Gasteiger partial charge is 0.497 e. The number of guanidine groups is 1. The van der Waals surface area contributed by atoms with E-state index >= 15 is 0 Å². The van der Waals surface area contributed by atoms with Crippen LogP contribution in [0, 0.1) is 0 Å². The summed E-state index contributed by atoms with van der Waals surface area (Å²) < 4.78 is 10.6. The Labute approximate surface area is 198 Å². The van der Waals surface area contributed by atoms with E-state index in [1.807, 2.05) is 53.9 Å². The third kappa shape index (κ3) is 7.33. The first-order chi connectivity index (χ1) is 14.1. The maximum Gasteiger partial charge on any atom is 0.191 e. The van der Waals surface area contributed by atoms with E-state index in [1.54, 1.807) is 20.3 Å². The topological polar surface area (TPSA) is 79.0 Å². The molecule has 2 heterocycles. The Morgan fingerprint density at radius 1 is 1.17 bits per heavy atom. The Bertz CT molecular complexity index is 879. The Kier molecular flexibility index (Phi) is 9.67. The van der Waals surface area contributed by atoms with E-state index in [0.717, 1.165) is 28.4 Å². The molecule has 0 spiro atoms. The fourth-order valence-corrected chi connectivity index (χ4v) is 3.55.